The van der Waals surface area contributed by atoms with Gasteiger partial charge in [0.1, 0.15) is 5.82 Å². The Balaban J connectivity index is 1.31. The van der Waals surface area contributed by atoms with Gasteiger partial charge >= 0.3 is 5.97 Å². The van der Waals surface area contributed by atoms with Crippen molar-refractivity contribution in [3.8, 4) is 11.3 Å². The zero-order valence-corrected chi connectivity index (χ0v) is 17.6. The summed E-state index contributed by atoms with van der Waals surface area (Å²) in [5.41, 5.74) is 2.57. The molecule has 0 aliphatic carbocycles. The van der Waals surface area contributed by atoms with Crippen molar-refractivity contribution in [1.29, 1.82) is 0 Å². The number of nitrogens with one attached hydrogen (secondary N) is 1. The van der Waals surface area contributed by atoms with E-state index < -0.39 is 5.97 Å². The summed E-state index contributed by atoms with van der Waals surface area (Å²) in [6.07, 6.45) is 1.40. The van der Waals surface area contributed by atoms with Gasteiger partial charge in [-0.1, -0.05) is 0 Å². The Hall–Kier alpha value is -3.81. The van der Waals surface area contributed by atoms with Gasteiger partial charge in [0.2, 0.25) is 5.91 Å². The molecule has 164 valence electrons. The average molecular weight is 434 g/mol. The normalized spacial score (nSPS) is 14.1. The van der Waals surface area contributed by atoms with Crippen LogP contribution in [0.5, 0.6) is 0 Å². The maximum Gasteiger partial charge on any atom is 0.337 e. The summed E-state index contributed by atoms with van der Waals surface area (Å²) in [6.45, 7) is 1.40. The molecule has 8 heteroatoms. The summed E-state index contributed by atoms with van der Waals surface area (Å²) in [5.74, 6) is -0.0770. The molecule has 0 spiro atoms. The fourth-order valence-corrected chi connectivity index (χ4v) is 3.69. The number of ether oxygens (including phenoxy) is 1. The molecule has 0 radical (unpaired) electrons. The molecule has 7 nitrogen and oxygen atoms in total. The highest BCUT2D eigenvalue weighted by atomic mass is 19.1. The standard InChI is InChI=1S/C24H23FN4O3/c1-32-24(31)18-4-8-20(9-5-18)26-23(30)17-12-14-29(15-13-17)22-11-10-21(27-28-22)16-2-6-19(25)7-3-16/h2-11,17H,12-15H2,1H3,(H,26,30). The zero-order chi connectivity index (χ0) is 22.5. The number of rotatable bonds is 5. The topological polar surface area (TPSA) is 84.4 Å². The van der Waals surface area contributed by atoms with Crippen LogP contribution in [0.4, 0.5) is 15.9 Å². The van der Waals surface area contributed by atoms with Gasteiger partial charge in [0, 0.05) is 30.3 Å². The number of piperidine rings is 1. The fourth-order valence-electron chi connectivity index (χ4n) is 3.69. The van der Waals surface area contributed by atoms with Crippen LogP contribution in [-0.2, 0) is 9.53 Å². The number of anilines is 2. The quantitative estimate of drug-likeness (QED) is 0.613. The number of halogens is 1. The number of esters is 1. The van der Waals surface area contributed by atoms with Crippen LogP contribution in [0.3, 0.4) is 0 Å². The number of hydrogen-bond acceptors (Lipinski definition) is 6. The molecule has 2 heterocycles. The molecule has 1 aromatic heterocycles. The molecule has 1 amide bonds. The van der Waals surface area contributed by atoms with Gasteiger partial charge in [-0.2, -0.15) is 0 Å². The summed E-state index contributed by atoms with van der Waals surface area (Å²) < 4.78 is 17.8. The van der Waals surface area contributed by atoms with Crippen molar-refractivity contribution >= 4 is 23.4 Å². The first-order valence-electron chi connectivity index (χ1n) is 10.4. The maximum atomic E-state index is 13.1. The highest BCUT2D eigenvalue weighted by Gasteiger charge is 2.26. The lowest BCUT2D eigenvalue weighted by molar-refractivity contribution is -0.120. The molecule has 32 heavy (non-hydrogen) atoms. The van der Waals surface area contributed by atoms with Gasteiger partial charge < -0.3 is 15.0 Å². The van der Waals surface area contributed by atoms with Gasteiger partial charge in [-0.3, -0.25) is 4.79 Å². The summed E-state index contributed by atoms with van der Waals surface area (Å²) in [4.78, 5) is 26.3. The van der Waals surface area contributed by atoms with E-state index in [-0.39, 0.29) is 17.6 Å². The minimum atomic E-state index is -0.413. The third-order valence-electron chi connectivity index (χ3n) is 5.55. The Morgan fingerprint density at radius 3 is 2.25 bits per heavy atom. The Morgan fingerprint density at radius 1 is 0.969 bits per heavy atom. The number of carbonyl (C=O) groups is 2. The Labute approximate surface area is 185 Å². The molecule has 1 aliphatic heterocycles. The smallest absolute Gasteiger partial charge is 0.337 e. The van der Waals surface area contributed by atoms with Gasteiger partial charge in [-0.25, -0.2) is 9.18 Å². The van der Waals surface area contributed by atoms with Crippen LogP contribution in [0.2, 0.25) is 0 Å². The van der Waals surface area contributed by atoms with E-state index in [9.17, 15) is 14.0 Å². The predicted molar refractivity (Wildman–Crippen MR) is 119 cm³/mol. The molecule has 0 unspecified atom stereocenters. The lowest BCUT2D eigenvalue weighted by Crippen LogP contribution is -2.38. The van der Waals surface area contributed by atoms with Crippen LogP contribution in [-0.4, -0.2) is 42.3 Å². The summed E-state index contributed by atoms with van der Waals surface area (Å²) >= 11 is 0. The van der Waals surface area contributed by atoms with Crippen LogP contribution in [0.15, 0.2) is 60.7 Å². The van der Waals surface area contributed by atoms with Crippen LogP contribution in [0.1, 0.15) is 23.2 Å². The molecule has 1 fully saturated rings. The van der Waals surface area contributed by atoms with Gasteiger partial charge in [0.15, 0.2) is 5.82 Å². The van der Waals surface area contributed by atoms with Crippen LogP contribution >= 0.6 is 0 Å². The number of nitrogens with zero attached hydrogens (tertiary/aromatic N) is 3. The SMILES string of the molecule is COC(=O)c1ccc(NC(=O)C2CCN(c3ccc(-c4ccc(F)cc4)nn3)CC2)cc1. The summed E-state index contributed by atoms with van der Waals surface area (Å²) in [5, 5.41) is 11.5. The minimum absolute atomic E-state index is 0.0341. The van der Waals surface area contributed by atoms with E-state index in [1.165, 1.54) is 19.2 Å². The monoisotopic (exact) mass is 434 g/mol. The molecular weight excluding hydrogens is 411 g/mol. The van der Waals surface area contributed by atoms with Gasteiger partial charge in [0.25, 0.3) is 0 Å². The van der Waals surface area contributed by atoms with Gasteiger partial charge in [0.05, 0.1) is 18.4 Å². The fraction of sp³-hybridized carbons (Fsp3) is 0.250. The van der Waals surface area contributed by atoms with Crippen LogP contribution in [0.25, 0.3) is 11.3 Å². The molecule has 0 atom stereocenters. The van der Waals surface area contributed by atoms with Crippen molar-refractivity contribution in [1.82, 2.24) is 10.2 Å². The van der Waals surface area contributed by atoms with Crippen molar-refractivity contribution in [3.05, 3.63) is 72.0 Å². The Kier molecular flexibility index (Phi) is 6.39. The number of benzene rings is 2. The van der Waals surface area contributed by atoms with E-state index in [0.29, 0.717) is 42.9 Å². The Morgan fingerprint density at radius 2 is 1.66 bits per heavy atom. The predicted octanol–water partition coefficient (Wildman–Crippen LogP) is 3.92. The van der Waals surface area contributed by atoms with Gasteiger partial charge in [-0.05, 0) is 73.5 Å². The summed E-state index contributed by atoms with van der Waals surface area (Å²) in [7, 11) is 1.33. The maximum absolute atomic E-state index is 13.1. The molecular formula is C24H23FN4O3. The van der Waals surface area contributed by atoms with Crippen molar-refractivity contribution in [3.63, 3.8) is 0 Å². The van der Waals surface area contributed by atoms with E-state index in [0.717, 1.165) is 11.4 Å². The molecule has 1 N–H and O–H groups in total. The highest BCUT2D eigenvalue weighted by molar-refractivity contribution is 5.94. The highest BCUT2D eigenvalue weighted by Crippen LogP contribution is 2.24. The minimum Gasteiger partial charge on any atom is -0.465 e. The number of methoxy groups -OCH3 is 1. The second-order valence-electron chi connectivity index (χ2n) is 7.60. The second kappa shape index (κ2) is 9.55. The van der Waals surface area contributed by atoms with Crippen molar-refractivity contribution in [2.75, 3.05) is 30.4 Å². The van der Waals surface area contributed by atoms with Gasteiger partial charge in [-0.15, -0.1) is 10.2 Å². The molecule has 1 aliphatic rings. The first-order valence-corrected chi connectivity index (χ1v) is 10.4. The van der Waals surface area contributed by atoms with Crippen molar-refractivity contribution in [2.45, 2.75) is 12.8 Å². The average Bonchev–Trinajstić information content (AvgIpc) is 2.85. The van der Waals surface area contributed by atoms with E-state index in [1.807, 2.05) is 12.1 Å². The first-order chi connectivity index (χ1) is 15.5. The molecule has 0 bridgehead atoms. The largest absolute Gasteiger partial charge is 0.465 e. The third-order valence-corrected chi connectivity index (χ3v) is 5.55. The number of amides is 1. The summed E-state index contributed by atoms with van der Waals surface area (Å²) in [6, 6.07) is 16.5. The van der Waals surface area contributed by atoms with Crippen molar-refractivity contribution < 1.29 is 18.7 Å². The number of hydrogen-bond donors (Lipinski definition) is 1. The zero-order valence-electron chi connectivity index (χ0n) is 17.6. The molecule has 2 aromatic carbocycles. The molecule has 4 rings (SSSR count). The molecule has 0 saturated carbocycles. The van der Waals surface area contributed by atoms with E-state index in [2.05, 4.69) is 25.2 Å². The lowest BCUT2D eigenvalue weighted by Gasteiger charge is -2.31. The molecule has 3 aromatic rings. The molecule has 1 saturated heterocycles. The number of aromatic nitrogens is 2. The third kappa shape index (κ3) is 4.91. The van der Waals surface area contributed by atoms with Crippen molar-refractivity contribution in [2.24, 2.45) is 5.92 Å². The lowest BCUT2D eigenvalue weighted by atomic mass is 9.95. The Bertz CT molecular complexity index is 1080. The van der Waals surface area contributed by atoms with Crippen LogP contribution in [0, 0.1) is 11.7 Å². The van der Waals surface area contributed by atoms with E-state index >= 15 is 0 Å². The second-order valence-corrected chi connectivity index (χ2v) is 7.60. The van der Waals surface area contributed by atoms with E-state index in [4.69, 9.17) is 0 Å². The number of carbonyl (C=O) groups excluding carboxylic acids is 2. The first kappa shape index (κ1) is 21.4. The van der Waals surface area contributed by atoms with Crippen LogP contribution < -0.4 is 10.2 Å². The van der Waals surface area contributed by atoms with E-state index in [1.54, 1.807) is 36.4 Å².